The molecule has 0 aliphatic carbocycles. The second kappa shape index (κ2) is 10.1. The highest BCUT2D eigenvalue weighted by Gasteiger charge is 2.36. The van der Waals surface area contributed by atoms with E-state index in [9.17, 15) is 18.8 Å². The molecule has 31 heavy (non-hydrogen) atoms. The molecule has 1 aliphatic rings. The highest BCUT2D eigenvalue weighted by atomic mass is 19.1. The van der Waals surface area contributed by atoms with E-state index < -0.39 is 29.5 Å². The minimum Gasteiger partial charge on any atom is -0.444 e. The standard InChI is InChI=1S/C23H34FN3O4/c1-14(2)19(26-20(28)16-7-9-18(24)10-8-16)21(29)27-12-11-17(13-27)15(3)25-22(30)31-23(4,5)6/h7-10,14-15,17,19H,11-13H2,1-6H3,(H,25,30)(H,26,28)/t15-,17+,19-/m0/s1. The van der Waals surface area contributed by atoms with Crippen molar-refractivity contribution in [1.29, 1.82) is 0 Å². The second-order valence-corrected chi connectivity index (χ2v) is 9.47. The molecule has 0 bridgehead atoms. The van der Waals surface area contributed by atoms with E-state index in [0.717, 1.165) is 6.42 Å². The molecule has 8 heteroatoms. The zero-order valence-electron chi connectivity index (χ0n) is 19.2. The van der Waals surface area contributed by atoms with E-state index in [1.54, 1.807) is 25.7 Å². The first kappa shape index (κ1) is 24.6. The van der Waals surface area contributed by atoms with Crippen LogP contribution in [-0.4, -0.2) is 53.6 Å². The maximum Gasteiger partial charge on any atom is 0.407 e. The van der Waals surface area contributed by atoms with E-state index in [2.05, 4.69) is 10.6 Å². The monoisotopic (exact) mass is 435 g/mol. The number of alkyl carbamates (subject to hydrolysis) is 1. The largest absolute Gasteiger partial charge is 0.444 e. The quantitative estimate of drug-likeness (QED) is 0.717. The van der Waals surface area contributed by atoms with Gasteiger partial charge in [-0.25, -0.2) is 9.18 Å². The van der Waals surface area contributed by atoms with Crippen LogP contribution in [0.4, 0.5) is 9.18 Å². The fraction of sp³-hybridized carbons (Fsp3) is 0.609. The van der Waals surface area contributed by atoms with Gasteiger partial charge in [-0.2, -0.15) is 0 Å². The van der Waals surface area contributed by atoms with Crippen molar-refractivity contribution in [3.05, 3.63) is 35.6 Å². The Bertz CT molecular complexity index is 789. The molecule has 3 atom stereocenters. The first-order chi connectivity index (χ1) is 14.4. The van der Waals surface area contributed by atoms with Crippen LogP contribution in [-0.2, 0) is 9.53 Å². The van der Waals surface area contributed by atoms with Gasteiger partial charge in [0.25, 0.3) is 5.91 Å². The van der Waals surface area contributed by atoms with Crippen LogP contribution in [0.3, 0.4) is 0 Å². The van der Waals surface area contributed by atoms with Crippen LogP contribution >= 0.6 is 0 Å². The Morgan fingerprint density at radius 1 is 1.10 bits per heavy atom. The number of halogens is 1. The van der Waals surface area contributed by atoms with Gasteiger partial charge in [-0.1, -0.05) is 13.8 Å². The summed E-state index contributed by atoms with van der Waals surface area (Å²) < 4.78 is 18.4. The fourth-order valence-electron chi connectivity index (χ4n) is 3.54. The Labute approximate surface area is 183 Å². The molecule has 0 spiro atoms. The Kier molecular flexibility index (Phi) is 8.03. The Balaban J connectivity index is 1.96. The van der Waals surface area contributed by atoms with Crippen molar-refractivity contribution in [2.45, 2.75) is 65.6 Å². The van der Waals surface area contributed by atoms with Crippen LogP contribution in [0, 0.1) is 17.7 Å². The number of likely N-dealkylation sites (tertiary alicyclic amines) is 1. The number of nitrogens with zero attached hydrogens (tertiary/aromatic N) is 1. The van der Waals surface area contributed by atoms with E-state index in [1.807, 2.05) is 20.8 Å². The van der Waals surface area contributed by atoms with E-state index in [4.69, 9.17) is 4.74 Å². The summed E-state index contributed by atoms with van der Waals surface area (Å²) in [5.41, 5.74) is -0.274. The maximum atomic E-state index is 13.1. The first-order valence-electron chi connectivity index (χ1n) is 10.7. The van der Waals surface area contributed by atoms with Gasteiger partial charge < -0.3 is 20.3 Å². The SMILES string of the molecule is CC(C)[C@H](NC(=O)c1ccc(F)cc1)C(=O)N1CC[C@@H]([C@H](C)NC(=O)OC(C)(C)C)C1. The van der Waals surface area contributed by atoms with Crippen molar-refractivity contribution in [3.63, 3.8) is 0 Å². The third-order valence-corrected chi connectivity index (χ3v) is 5.31. The topological polar surface area (TPSA) is 87.7 Å². The summed E-state index contributed by atoms with van der Waals surface area (Å²) >= 11 is 0. The molecular formula is C23H34FN3O4. The molecule has 2 rings (SSSR count). The van der Waals surface area contributed by atoms with E-state index >= 15 is 0 Å². The summed E-state index contributed by atoms with van der Waals surface area (Å²) in [6, 6.07) is 4.37. The molecule has 1 fully saturated rings. The molecule has 0 aromatic heterocycles. The normalized spacial score (nSPS) is 18.5. The predicted octanol–water partition coefficient (Wildman–Crippen LogP) is 3.34. The van der Waals surface area contributed by atoms with Gasteiger partial charge in [0.15, 0.2) is 0 Å². The van der Waals surface area contributed by atoms with Gasteiger partial charge in [0.05, 0.1) is 0 Å². The van der Waals surface area contributed by atoms with Crippen LogP contribution < -0.4 is 10.6 Å². The Morgan fingerprint density at radius 3 is 2.26 bits per heavy atom. The third kappa shape index (κ3) is 7.22. The van der Waals surface area contributed by atoms with Crippen LogP contribution in [0.1, 0.15) is 58.3 Å². The number of benzene rings is 1. The molecular weight excluding hydrogens is 401 g/mol. The number of rotatable bonds is 6. The lowest BCUT2D eigenvalue weighted by Crippen LogP contribution is -2.51. The Hall–Kier alpha value is -2.64. The summed E-state index contributed by atoms with van der Waals surface area (Å²) in [5.74, 6) is -1.02. The molecule has 1 heterocycles. The minimum absolute atomic E-state index is 0.0945. The molecule has 1 aliphatic heterocycles. The van der Waals surface area contributed by atoms with Crippen molar-refractivity contribution >= 4 is 17.9 Å². The van der Waals surface area contributed by atoms with Gasteiger partial charge in [-0.15, -0.1) is 0 Å². The van der Waals surface area contributed by atoms with Crippen molar-refractivity contribution < 1.29 is 23.5 Å². The van der Waals surface area contributed by atoms with Gasteiger partial charge in [0, 0.05) is 24.7 Å². The fourth-order valence-corrected chi connectivity index (χ4v) is 3.54. The minimum atomic E-state index is -0.689. The van der Waals surface area contributed by atoms with Crippen molar-refractivity contribution in [3.8, 4) is 0 Å². The molecule has 1 aromatic carbocycles. The van der Waals surface area contributed by atoms with E-state index in [-0.39, 0.29) is 23.8 Å². The summed E-state index contributed by atoms with van der Waals surface area (Å²) in [4.78, 5) is 39.4. The lowest BCUT2D eigenvalue weighted by molar-refractivity contribution is -0.133. The second-order valence-electron chi connectivity index (χ2n) is 9.47. The van der Waals surface area contributed by atoms with E-state index in [0.29, 0.717) is 18.7 Å². The number of nitrogens with one attached hydrogen (secondary N) is 2. The van der Waals surface area contributed by atoms with Crippen LogP contribution in [0.5, 0.6) is 0 Å². The third-order valence-electron chi connectivity index (χ3n) is 5.31. The zero-order chi connectivity index (χ0) is 23.3. The van der Waals surface area contributed by atoms with Gasteiger partial charge in [0.1, 0.15) is 17.5 Å². The molecule has 1 saturated heterocycles. The molecule has 1 aromatic rings. The highest BCUT2D eigenvalue weighted by Crippen LogP contribution is 2.22. The van der Waals surface area contributed by atoms with Gasteiger partial charge in [-0.3, -0.25) is 9.59 Å². The molecule has 0 radical (unpaired) electrons. The van der Waals surface area contributed by atoms with E-state index in [1.165, 1.54) is 24.3 Å². The molecule has 2 N–H and O–H groups in total. The summed E-state index contributed by atoms with van der Waals surface area (Å²) in [6.07, 6.45) is 0.274. The number of amides is 3. The number of carbonyl (C=O) groups is 3. The molecule has 3 amide bonds. The van der Waals surface area contributed by atoms with Gasteiger partial charge >= 0.3 is 6.09 Å². The summed E-state index contributed by atoms with van der Waals surface area (Å²) in [6.45, 7) is 12.1. The average Bonchev–Trinajstić information content (AvgIpc) is 3.14. The molecule has 7 nitrogen and oxygen atoms in total. The van der Waals surface area contributed by atoms with Crippen molar-refractivity contribution in [1.82, 2.24) is 15.5 Å². The smallest absolute Gasteiger partial charge is 0.407 e. The summed E-state index contributed by atoms with van der Waals surface area (Å²) in [7, 11) is 0. The average molecular weight is 436 g/mol. The molecule has 172 valence electrons. The molecule has 0 unspecified atom stereocenters. The Morgan fingerprint density at radius 2 is 1.71 bits per heavy atom. The van der Waals surface area contributed by atoms with Crippen molar-refractivity contribution in [2.24, 2.45) is 11.8 Å². The highest BCUT2D eigenvalue weighted by molar-refractivity contribution is 5.97. The number of ether oxygens (including phenoxy) is 1. The van der Waals surface area contributed by atoms with Crippen LogP contribution in [0.2, 0.25) is 0 Å². The van der Waals surface area contributed by atoms with Gasteiger partial charge in [-0.05, 0) is 70.2 Å². The van der Waals surface area contributed by atoms with Crippen molar-refractivity contribution in [2.75, 3.05) is 13.1 Å². The first-order valence-corrected chi connectivity index (χ1v) is 10.7. The molecule has 0 saturated carbocycles. The lowest BCUT2D eigenvalue weighted by Gasteiger charge is -2.28. The van der Waals surface area contributed by atoms with Crippen LogP contribution in [0.25, 0.3) is 0 Å². The lowest BCUT2D eigenvalue weighted by atomic mass is 10.0. The maximum absolute atomic E-state index is 13.1. The number of hydrogen-bond donors (Lipinski definition) is 2. The number of hydrogen-bond acceptors (Lipinski definition) is 4. The van der Waals surface area contributed by atoms with Gasteiger partial charge in [0.2, 0.25) is 5.91 Å². The number of carbonyl (C=O) groups excluding carboxylic acids is 3. The van der Waals surface area contributed by atoms with Crippen LogP contribution in [0.15, 0.2) is 24.3 Å². The summed E-state index contributed by atoms with van der Waals surface area (Å²) in [5, 5.41) is 5.64. The zero-order valence-corrected chi connectivity index (χ0v) is 19.2. The predicted molar refractivity (Wildman–Crippen MR) is 116 cm³/mol.